The number of hydrazone groups is 1. The second kappa shape index (κ2) is 7.93. The van der Waals surface area contributed by atoms with E-state index in [-0.39, 0.29) is 11.6 Å². The summed E-state index contributed by atoms with van der Waals surface area (Å²) in [6.45, 7) is 7.53. The zero-order chi connectivity index (χ0) is 22.3. The minimum absolute atomic E-state index is 0.145. The van der Waals surface area contributed by atoms with Crippen LogP contribution in [0.5, 0.6) is 5.75 Å². The Morgan fingerprint density at radius 3 is 2.65 bits per heavy atom. The van der Waals surface area contributed by atoms with E-state index in [2.05, 4.69) is 10.3 Å². The molecule has 3 heterocycles. The van der Waals surface area contributed by atoms with E-state index in [0.717, 1.165) is 21.7 Å². The lowest BCUT2D eigenvalue weighted by atomic mass is 10.2. The van der Waals surface area contributed by atoms with Gasteiger partial charge in [-0.1, -0.05) is 12.1 Å². The highest BCUT2D eigenvalue weighted by molar-refractivity contribution is 5.91. The lowest BCUT2D eigenvalue weighted by Crippen LogP contribution is -2.39. The predicted molar refractivity (Wildman–Crippen MR) is 121 cm³/mol. The highest BCUT2D eigenvalue weighted by Crippen LogP contribution is 2.30. The first kappa shape index (κ1) is 20.7. The molecule has 10 heteroatoms. The van der Waals surface area contributed by atoms with E-state index in [4.69, 9.17) is 9.84 Å². The number of nitrogens with one attached hydrogen (secondary N) is 1. The molecule has 0 spiro atoms. The van der Waals surface area contributed by atoms with Crippen LogP contribution in [0, 0.1) is 0 Å². The highest BCUT2D eigenvalue weighted by Gasteiger charge is 2.30. The highest BCUT2D eigenvalue weighted by atomic mass is 16.5. The molecule has 0 bridgehead atoms. The maximum absolute atomic E-state index is 12.9. The molecule has 1 aliphatic rings. The number of anilines is 2. The predicted octanol–water partition coefficient (Wildman–Crippen LogP) is 1.70. The number of ether oxygens (including phenoxy) is 1. The largest absolute Gasteiger partial charge is 0.492 e. The molecular formula is C21H27N7O3. The number of nitrogens with zero attached hydrogens (tertiary/aromatic N) is 6. The summed E-state index contributed by atoms with van der Waals surface area (Å²) in [5, 5.41) is 9.85. The number of hydrogen-bond donors (Lipinski definition) is 1. The molecule has 1 atom stereocenters. The van der Waals surface area contributed by atoms with Gasteiger partial charge < -0.3 is 10.1 Å². The Hall–Kier alpha value is -3.56. The molecule has 2 aromatic heterocycles. The lowest BCUT2D eigenvalue weighted by molar-refractivity contribution is 0.341. The van der Waals surface area contributed by atoms with Crippen LogP contribution in [-0.2, 0) is 14.1 Å². The summed E-state index contributed by atoms with van der Waals surface area (Å²) in [6, 6.07) is 7.63. The number of aromatic nitrogens is 4. The van der Waals surface area contributed by atoms with Gasteiger partial charge in [-0.2, -0.15) is 10.1 Å². The van der Waals surface area contributed by atoms with Crippen molar-refractivity contribution in [2.45, 2.75) is 26.8 Å². The smallest absolute Gasteiger partial charge is 0.332 e. The molecule has 0 aliphatic carbocycles. The second-order valence-corrected chi connectivity index (χ2v) is 7.56. The fraction of sp³-hybridized carbons (Fsp3) is 0.429. The van der Waals surface area contributed by atoms with Gasteiger partial charge in [0.1, 0.15) is 5.75 Å². The van der Waals surface area contributed by atoms with Crippen LogP contribution in [0.2, 0.25) is 0 Å². The number of imidazole rings is 1. The van der Waals surface area contributed by atoms with Gasteiger partial charge in [0.25, 0.3) is 5.56 Å². The first-order chi connectivity index (χ1) is 14.8. The van der Waals surface area contributed by atoms with Crippen molar-refractivity contribution in [1.29, 1.82) is 0 Å². The van der Waals surface area contributed by atoms with Gasteiger partial charge in [0.2, 0.25) is 5.95 Å². The monoisotopic (exact) mass is 425 g/mol. The van der Waals surface area contributed by atoms with E-state index in [1.54, 1.807) is 12.1 Å². The Morgan fingerprint density at radius 1 is 1.16 bits per heavy atom. The molecule has 3 aromatic rings. The average molecular weight is 425 g/mol. The summed E-state index contributed by atoms with van der Waals surface area (Å²) in [5.41, 5.74) is 1.76. The molecule has 31 heavy (non-hydrogen) atoms. The van der Waals surface area contributed by atoms with Crippen molar-refractivity contribution >= 4 is 28.5 Å². The van der Waals surface area contributed by atoms with E-state index >= 15 is 0 Å². The van der Waals surface area contributed by atoms with Crippen LogP contribution in [0.3, 0.4) is 0 Å². The summed E-state index contributed by atoms with van der Waals surface area (Å²) in [5.74, 6) is 1.34. The Kier molecular flexibility index (Phi) is 5.30. The van der Waals surface area contributed by atoms with Crippen molar-refractivity contribution in [2.75, 3.05) is 30.0 Å². The Labute approximate surface area is 179 Å². The normalized spacial score (nSPS) is 15.7. The third-order valence-electron chi connectivity index (χ3n) is 5.60. The quantitative estimate of drug-likeness (QED) is 0.646. The molecule has 164 valence electrons. The van der Waals surface area contributed by atoms with Crippen molar-refractivity contribution in [3.63, 3.8) is 0 Å². The molecule has 4 rings (SSSR count). The molecule has 1 N–H and O–H groups in total. The van der Waals surface area contributed by atoms with Crippen LogP contribution in [0.4, 0.5) is 11.6 Å². The van der Waals surface area contributed by atoms with Gasteiger partial charge in [-0.15, -0.1) is 0 Å². The standard InChI is InChI=1S/C21H27N7O3/c1-6-31-16-10-8-7-9-15(16)22-11-12-27-20-23-18-17(28(20)14(3)13(2)24-27)19(29)26(5)21(30)25(18)4/h7-10,14,22H,6,11-12H2,1-5H3. The van der Waals surface area contributed by atoms with Crippen LogP contribution in [0.25, 0.3) is 11.2 Å². The van der Waals surface area contributed by atoms with Crippen LogP contribution in [-0.4, -0.2) is 44.1 Å². The Morgan fingerprint density at radius 2 is 1.90 bits per heavy atom. The lowest BCUT2D eigenvalue weighted by Gasteiger charge is -2.29. The average Bonchev–Trinajstić information content (AvgIpc) is 3.17. The maximum atomic E-state index is 12.9. The van der Waals surface area contributed by atoms with Gasteiger partial charge >= 0.3 is 5.69 Å². The zero-order valence-electron chi connectivity index (χ0n) is 18.4. The summed E-state index contributed by atoms with van der Waals surface area (Å²) in [4.78, 5) is 29.9. The van der Waals surface area contributed by atoms with Crippen LogP contribution in [0.1, 0.15) is 26.8 Å². The molecule has 0 radical (unpaired) electrons. The molecule has 10 nitrogen and oxygen atoms in total. The molecule has 1 aromatic carbocycles. The van der Waals surface area contributed by atoms with Crippen molar-refractivity contribution in [1.82, 2.24) is 18.7 Å². The van der Waals surface area contributed by atoms with Gasteiger partial charge in [-0.05, 0) is 32.9 Å². The van der Waals surface area contributed by atoms with Crippen LogP contribution in [0.15, 0.2) is 39.0 Å². The van der Waals surface area contributed by atoms with Gasteiger partial charge in [0, 0.05) is 20.6 Å². The van der Waals surface area contributed by atoms with Crippen LogP contribution < -0.4 is 26.3 Å². The van der Waals surface area contributed by atoms with Gasteiger partial charge in [-0.3, -0.25) is 18.5 Å². The molecular weight excluding hydrogens is 398 g/mol. The molecule has 0 amide bonds. The molecule has 0 saturated heterocycles. The van der Waals surface area contributed by atoms with Crippen molar-refractivity contribution in [3.8, 4) is 5.75 Å². The van der Waals surface area contributed by atoms with E-state index in [9.17, 15) is 9.59 Å². The molecule has 0 fully saturated rings. The maximum Gasteiger partial charge on any atom is 0.332 e. The van der Waals surface area contributed by atoms with Crippen LogP contribution >= 0.6 is 0 Å². The number of fused-ring (bicyclic) bond motifs is 3. The summed E-state index contributed by atoms with van der Waals surface area (Å²) in [6.07, 6.45) is 0. The zero-order valence-corrected chi connectivity index (χ0v) is 18.4. The number of para-hydroxylation sites is 2. The molecule has 1 aliphatic heterocycles. The van der Waals surface area contributed by atoms with Crippen molar-refractivity contribution < 1.29 is 4.74 Å². The third-order valence-corrected chi connectivity index (χ3v) is 5.60. The van der Waals surface area contributed by atoms with E-state index < -0.39 is 5.69 Å². The van der Waals surface area contributed by atoms with Gasteiger partial charge in [0.05, 0.1) is 30.6 Å². The first-order valence-electron chi connectivity index (χ1n) is 10.3. The van der Waals surface area contributed by atoms with Crippen molar-refractivity contribution in [2.24, 2.45) is 19.2 Å². The van der Waals surface area contributed by atoms with Gasteiger partial charge in [0.15, 0.2) is 11.2 Å². The summed E-state index contributed by atoms with van der Waals surface area (Å²) < 4.78 is 10.0. The van der Waals surface area contributed by atoms with E-state index in [1.807, 2.05) is 49.6 Å². The SMILES string of the molecule is CCOc1ccccc1NCCN1N=C(C)C(C)n2c1nc1c2c(=O)n(C)c(=O)n1C. The fourth-order valence-corrected chi connectivity index (χ4v) is 3.80. The van der Waals surface area contributed by atoms with E-state index in [1.165, 1.54) is 11.6 Å². The van der Waals surface area contributed by atoms with Gasteiger partial charge in [-0.25, -0.2) is 9.80 Å². The third kappa shape index (κ3) is 3.37. The van der Waals surface area contributed by atoms with E-state index in [0.29, 0.717) is 36.8 Å². The molecule has 0 saturated carbocycles. The Balaban J connectivity index is 1.69. The van der Waals surface area contributed by atoms with Crippen molar-refractivity contribution in [3.05, 3.63) is 45.1 Å². The minimum Gasteiger partial charge on any atom is -0.492 e. The molecule has 1 unspecified atom stereocenters. The number of aryl methyl sites for hydroxylation is 1. The topological polar surface area (TPSA) is 98.7 Å². The summed E-state index contributed by atoms with van der Waals surface area (Å²) in [7, 11) is 3.11. The number of hydrogen-bond acceptors (Lipinski definition) is 7. The number of benzene rings is 1. The fourth-order valence-electron chi connectivity index (χ4n) is 3.80. The number of rotatable bonds is 6. The summed E-state index contributed by atoms with van der Waals surface area (Å²) >= 11 is 0. The second-order valence-electron chi connectivity index (χ2n) is 7.56. The Bertz CT molecular complexity index is 1280. The minimum atomic E-state index is -0.404. The first-order valence-corrected chi connectivity index (χ1v) is 10.3.